The second-order valence-electron chi connectivity index (χ2n) is 2.52. The first kappa shape index (κ1) is 9.25. The van der Waals surface area contributed by atoms with Crippen LogP contribution in [-0.4, -0.2) is 17.2 Å². The van der Waals surface area contributed by atoms with Crippen LogP contribution in [0.2, 0.25) is 0 Å². The Hall–Kier alpha value is -1.84. The third kappa shape index (κ3) is 3.37. The van der Waals surface area contributed by atoms with E-state index in [2.05, 4.69) is 10.5 Å². The van der Waals surface area contributed by atoms with Crippen LogP contribution in [0.4, 0.5) is 0 Å². The average Bonchev–Trinajstić information content (AvgIpc) is 2.03. The summed E-state index contributed by atoms with van der Waals surface area (Å²) in [7, 11) is 0. The normalized spacial score (nSPS) is 10.2. The van der Waals surface area contributed by atoms with E-state index in [-0.39, 0.29) is 11.7 Å². The quantitative estimate of drug-likeness (QED) is 0.521. The van der Waals surface area contributed by atoms with E-state index in [1.54, 1.807) is 24.3 Å². The first-order chi connectivity index (χ1) is 6.18. The summed E-state index contributed by atoms with van der Waals surface area (Å²) in [5.41, 5.74) is 2.99. The van der Waals surface area contributed by atoms with Crippen molar-refractivity contribution in [3.63, 3.8) is 0 Å². The number of phenolic OH excluding ortho intramolecular Hbond substituents is 1. The third-order valence-corrected chi connectivity index (χ3v) is 1.31. The number of nitrogens with zero attached hydrogens (tertiary/aromatic N) is 1. The molecular weight excluding hydrogens is 168 g/mol. The summed E-state index contributed by atoms with van der Waals surface area (Å²) in [6.07, 6.45) is 1.46. The standard InChI is InChI=1S/C9H10N2O2/c1-7(12)11-10-6-8-3-2-4-9(13)5-8/h2-6,13H,1H3,(H,11,12). The molecule has 2 N–H and O–H groups in total. The SMILES string of the molecule is CC(=O)NN=Cc1cccc(O)c1. The van der Waals surface area contributed by atoms with Crippen molar-refractivity contribution in [3.8, 4) is 5.75 Å². The summed E-state index contributed by atoms with van der Waals surface area (Å²) in [5.74, 6) is -0.0526. The molecule has 4 nitrogen and oxygen atoms in total. The number of carbonyl (C=O) groups is 1. The fraction of sp³-hybridized carbons (Fsp3) is 0.111. The van der Waals surface area contributed by atoms with E-state index < -0.39 is 0 Å². The molecule has 0 fully saturated rings. The molecule has 0 aromatic heterocycles. The third-order valence-electron chi connectivity index (χ3n) is 1.31. The minimum Gasteiger partial charge on any atom is -0.508 e. The number of phenols is 1. The van der Waals surface area contributed by atoms with Crippen molar-refractivity contribution in [2.24, 2.45) is 5.10 Å². The lowest BCUT2D eigenvalue weighted by Gasteiger charge is -1.94. The van der Waals surface area contributed by atoms with E-state index in [0.717, 1.165) is 5.56 Å². The summed E-state index contributed by atoms with van der Waals surface area (Å²) in [4.78, 5) is 10.4. The average molecular weight is 178 g/mol. The zero-order valence-electron chi connectivity index (χ0n) is 7.19. The fourth-order valence-electron chi connectivity index (χ4n) is 0.803. The van der Waals surface area contributed by atoms with Crippen molar-refractivity contribution < 1.29 is 9.90 Å². The van der Waals surface area contributed by atoms with Crippen LogP contribution >= 0.6 is 0 Å². The van der Waals surface area contributed by atoms with Gasteiger partial charge >= 0.3 is 0 Å². The Morgan fingerprint density at radius 3 is 3.00 bits per heavy atom. The predicted octanol–water partition coefficient (Wildman–Crippen LogP) is 0.862. The second kappa shape index (κ2) is 4.25. The molecule has 0 saturated heterocycles. The lowest BCUT2D eigenvalue weighted by molar-refractivity contribution is -0.118. The molecule has 0 aliphatic rings. The maximum Gasteiger partial charge on any atom is 0.236 e. The van der Waals surface area contributed by atoms with Crippen LogP contribution in [0.1, 0.15) is 12.5 Å². The van der Waals surface area contributed by atoms with Crippen molar-refractivity contribution in [1.82, 2.24) is 5.43 Å². The number of hydrazone groups is 1. The molecule has 0 saturated carbocycles. The van der Waals surface area contributed by atoms with Gasteiger partial charge in [0, 0.05) is 6.92 Å². The van der Waals surface area contributed by atoms with Crippen LogP contribution in [0.3, 0.4) is 0 Å². The van der Waals surface area contributed by atoms with Gasteiger partial charge in [-0.25, -0.2) is 5.43 Å². The molecule has 1 amide bonds. The molecular formula is C9H10N2O2. The summed E-state index contributed by atoms with van der Waals surface area (Å²) >= 11 is 0. The molecule has 0 aliphatic carbocycles. The van der Waals surface area contributed by atoms with Crippen LogP contribution < -0.4 is 5.43 Å². The van der Waals surface area contributed by atoms with Gasteiger partial charge in [-0.1, -0.05) is 12.1 Å². The van der Waals surface area contributed by atoms with Gasteiger partial charge in [0.1, 0.15) is 5.75 Å². The minimum atomic E-state index is -0.226. The Kier molecular flexibility index (Phi) is 3.03. The van der Waals surface area contributed by atoms with E-state index in [4.69, 9.17) is 5.11 Å². The lowest BCUT2D eigenvalue weighted by Crippen LogP contribution is -2.12. The van der Waals surface area contributed by atoms with Crippen LogP contribution in [0.15, 0.2) is 29.4 Å². The topological polar surface area (TPSA) is 61.7 Å². The Balaban J connectivity index is 2.63. The Morgan fingerprint density at radius 2 is 2.38 bits per heavy atom. The molecule has 68 valence electrons. The van der Waals surface area contributed by atoms with Crippen molar-refractivity contribution in [3.05, 3.63) is 29.8 Å². The number of amides is 1. The first-order valence-electron chi connectivity index (χ1n) is 3.77. The van der Waals surface area contributed by atoms with Crippen molar-refractivity contribution in [2.75, 3.05) is 0 Å². The van der Waals surface area contributed by atoms with Crippen LogP contribution in [0, 0.1) is 0 Å². The zero-order valence-corrected chi connectivity index (χ0v) is 7.19. The van der Waals surface area contributed by atoms with Gasteiger partial charge in [0.25, 0.3) is 0 Å². The molecule has 4 heteroatoms. The molecule has 0 spiro atoms. The molecule has 0 atom stereocenters. The monoisotopic (exact) mass is 178 g/mol. The largest absolute Gasteiger partial charge is 0.508 e. The van der Waals surface area contributed by atoms with E-state index in [9.17, 15) is 4.79 Å². The molecule has 0 aliphatic heterocycles. The van der Waals surface area contributed by atoms with Gasteiger partial charge in [0.15, 0.2) is 0 Å². The molecule has 1 aromatic rings. The van der Waals surface area contributed by atoms with E-state index in [1.165, 1.54) is 13.1 Å². The van der Waals surface area contributed by atoms with Crippen LogP contribution in [0.5, 0.6) is 5.75 Å². The van der Waals surface area contributed by atoms with Gasteiger partial charge in [-0.15, -0.1) is 0 Å². The summed E-state index contributed by atoms with van der Waals surface area (Å²) < 4.78 is 0. The molecule has 13 heavy (non-hydrogen) atoms. The number of benzene rings is 1. The number of aromatic hydroxyl groups is 1. The Morgan fingerprint density at radius 1 is 1.62 bits per heavy atom. The Labute approximate surface area is 75.9 Å². The summed E-state index contributed by atoms with van der Waals surface area (Å²) in [5, 5.41) is 12.7. The number of hydrogen-bond acceptors (Lipinski definition) is 3. The lowest BCUT2D eigenvalue weighted by atomic mass is 10.2. The van der Waals surface area contributed by atoms with E-state index in [1.807, 2.05) is 0 Å². The Bertz CT molecular complexity index is 334. The molecule has 0 unspecified atom stereocenters. The predicted molar refractivity (Wildman–Crippen MR) is 49.5 cm³/mol. The number of nitrogens with one attached hydrogen (secondary N) is 1. The van der Waals surface area contributed by atoms with Gasteiger partial charge in [0.05, 0.1) is 6.21 Å². The van der Waals surface area contributed by atoms with E-state index >= 15 is 0 Å². The highest BCUT2D eigenvalue weighted by Crippen LogP contribution is 2.08. The first-order valence-corrected chi connectivity index (χ1v) is 3.77. The number of hydrogen-bond donors (Lipinski definition) is 2. The van der Waals surface area contributed by atoms with Crippen LogP contribution in [-0.2, 0) is 4.79 Å². The van der Waals surface area contributed by atoms with Crippen molar-refractivity contribution >= 4 is 12.1 Å². The molecule has 0 bridgehead atoms. The van der Waals surface area contributed by atoms with E-state index in [0.29, 0.717) is 0 Å². The highest BCUT2D eigenvalue weighted by atomic mass is 16.3. The second-order valence-corrected chi connectivity index (χ2v) is 2.52. The minimum absolute atomic E-state index is 0.173. The molecule has 0 heterocycles. The maximum absolute atomic E-state index is 10.4. The highest BCUT2D eigenvalue weighted by molar-refractivity contribution is 5.82. The molecule has 0 radical (unpaired) electrons. The highest BCUT2D eigenvalue weighted by Gasteiger charge is 1.89. The molecule has 1 rings (SSSR count). The van der Waals surface area contributed by atoms with Crippen LogP contribution in [0.25, 0.3) is 0 Å². The fourth-order valence-corrected chi connectivity index (χ4v) is 0.803. The van der Waals surface area contributed by atoms with Gasteiger partial charge in [0.2, 0.25) is 5.91 Å². The van der Waals surface area contributed by atoms with Gasteiger partial charge in [-0.3, -0.25) is 4.79 Å². The summed E-state index contributed by atoms with van der Waals surface area (Å²) in [6, 6.07) is 6.58. The van der Waals surface area contributed by atoms with Gasteiger partial charge in [-0.05, 0) is 17.7 Å². The molecule has 1 aromatic carbocycles. The number of carbonyl (C=O) groups excluding carboxylic acids is 1. The van der Waals surface area contributed by atoms with Crippen molar-refractivity contribution in [2.45, 2.75) is 6.92 Å². The number of rotatable bonds is 2. The van der Waals surface area contributed by atoms with Gasteiger partial charge < -0.3 is 5.11 Å². The van der Waals surface area contributed by atoms with Gasteiger partial charge in [-0.2, -0.15) is 5.10 Å². The zero-order chi connectivity index (χ0) is 9.68. The van der Waals surface area contributed by atoms with Crippen molar-refractivity contribution in [1.29, 1.82) is 0 Å². The smallest absolute Gasteiger partial charge is 0.236 e. The summed E-state index contributed by atoms with van der Waals surface area (Å²) in [6.45, 7) is 1.37. The maximum atomic E-state index is 10.4.